The van der Waals surface area contributed by atoms with Gasteiger partial charge in [0, 0.05) is 39.3 Å². The molecule has 0 aromatic heterocycles. The third kappa shape index (κ3) is 22.4. The fourth-order valence-electron chi connectivity index (χ4n) is 7.67. The average Bonchev–Trinajstić information content (AvgIpc) is 3.40. The van der Waals surface area contributed by atoms with E-state index in [1.807, 2.05) is 36.4 Å². The van der Waals surface area contributed by atoms with Crippen molar-refractivity contribution in [3.8, 4) is 34.5 Å². The van der Waals surface area contributed by atoms with E-state index in [-0.39, 0.29) is 0 Å². The Morgan fingerprint density at radius 2 is 0.437 bits per heavy atom. The summed E-state index contributed by atoms with van der Waals surface area (Å²) in [6, 6.07) is 50.1. The van der Waals surface area contributed by atoms with Gasteiger partial charge in [0.1, 0.15) is 34.5 Å². The maximum Gasteiger partial charge on any atom is 0.119 e. The van der Waals surface area contributed by atoms with Crippen LogP contribution in [0.5, 0.6) is 34.5 Å². The molecule has 0 bridgehead atoms. The minimum Gasteiger partial charge on any atom is -0.494 e. The van der Waals surface area contributed by atoms with Gasteiger partial charge in [-0.05, 0) is 170 Å². The van der Waals surface area contributed by atoms with E-state index in [2.05, 4.69) is 150 Å². The van der Waals surface area contributed by atoms with Gasteiger partial charge in [0.2, 0.25) is 0 Å². The molecule has 0 atom stereocenters. The van der Waals surface area contributed by atoms with Crippen molar-refractivity contribution in [3.63, 3.8) is 0 Å². The molecule has 0 spiro atoms. The van der Waals surface area contributed by atoms with Crippen molar-refractivity contribution in [3.05, 3.63) is 204 Å². The van der Waals surface area contributed by atoms with Crippen LogP contribution in [0.25, 0.3) is 0 Å². The minimum atomic E-state index is 0.662. The molecule has 9 nitrogen and oxygen atoms in total. The second-order valence-corrected chi connectivity index (χ2v) is 17.7. The van der Waals surface area contributed by atoms with Crippen molar-refractivity contribution in [2.75, 3.05) is 39.6 Å². The molecule has 376 valence electrons. The third-order valence-electron chi connectivity index (χ3n) is 11.8. The fraction of sp³-hybridized carbons (Fsp3) is 0.355. The molecular formula is C62H77N3O6. The summed E-state index contributed by atoms with van der Waals surface area (Å²) in [7, 11) is 0. The first-order valence-electron chi connectivity index (χ1n) is 25.8. The molecule has 0 aliphatic heterocycles. The average molecular weight is 960 g/mol. The number of nitrogens with one attached hydrogen (secondary N) is 3. The largest absolute Gasteiger partial charge is 0.494 e. The summed E-state index contributed by atoms with van der Waals surface area (Å²) in [6.07, 6.45) is 14.0. The van der Waals surface area contributed by atoms with Crippen LogP contribution in [0.4, 0.5) is 0 Å². The number of hydrogen-bond donors (Lipinski definition) is 3. The van der Waals surface area contributed by atoms with Gasteiger partial charge in [0.25, 0.3) is 0 Å². The van der Waals surface area contributed by atoms with Crippen LogP contribution in [-0.2, 0) is 39.3 Å². The Morgan fingerprint density at radius 1 is 0.254 bits per heavy atom. The van der Waals surface area contributed by atoms with Crippen LogP contribution >= 0.6 is 0 Å². The quantitative estimate of drug-likeness (QED) is 0.0259. The van der Waals surface area contributed by atoms with Crippen LogP contribution in [-0.4, -0.2) is 39.6 Å². The summed E-state index contributed by atoms with van der Waals surface area (Å²) in [4.78, 5) is 0. The topological polar surface area (TPSA) is 91.5 Å². The smallest absolute Gasteiger partial charge is 0.119 e. The van der Waals surface area contributed by atoms with Crippen molar-refractivity contribution in [1.29, 1.82) is 0 Å². The lowest BCUT2D eigenvalue weighted by Gasteiger charge is -2.10. The molecule has 3 N–H and O–H groups in total. The van der Waals surface area contributed by atoms with Gasteiger partial charge in [-0.3, -0.25) is 0 Å². The standard InChI is InChI=1S/C62H77N3O6/c1-3-5-39-66-57-27-15-51(16-28-57)45-63-47-53-19-31-59(32-20-53)68-41-11-7-9-13-43-70-61-35-23-55(24-36-61)49-65-50-56-25-37-62(38-26-56)71-44-14-10-8-12-42-69-60-33-21-54(22-34-60)48-64-46-52-17-29-58(30-18-52)67-40-6-4-2/h3-4,15-38,63-65H,1-2,5-14,39-50H2. The zero-order chi connectivity index (χ0) is 49.2. The van der Waals surface area contributed by atoms with Gasteiger partial charge in [-0.1, -0.05) is 84.9 Å². The van der Waals surface area contributed by atoms with Crippen LogP contribution in [0.3, 0.4) is 0 Å². The van der Waals surface area contributed by atoms with Gasteiger partial charge in [-0.15, -0.1) is 13.2 Å². The van der Waals surface area contributed by atoms with Crippen LogP contribution in [0.1, 0.15) is 97.6 Å². The lowest BCUT2D eigenvalue weighted by Crippen LogP contribution is -2.12. The molecule has 0 amide bonds. The zero-order valence-corrected chi connectivity index (χ0v) is 41.9. The van der Waals surface area contributed by atoms with E-state index < -0.39 is 0 Å². The van der Waals surface area contributed by atoms with Crippen LogP contribution < -0.4 is 44.4 Å². The summed E-state index contributed by atoms with van der Waals surface area (Å²) >= 11 is 0. The number of rotatable bonds is 38. The Kier molecular flexibility index (Phi) is 25.1. The van der Waals surface area contributed by atoms with E-state index >= 15 is 0 Å². The maximum atomic E-state index is 6.02. The zero-order valence-electron chi connectivity index (χ0n) is 41.9. The first-order valence-corrected chi connectivity index (χ1v) is 25.8. The van der Waals surface area contributed by atoms with Crippen LogP contribution in [0.15, 0.2) is 171 Å². The van der Waals surface area contributed by atoms with E-state index in [1.54, 1.807) is 0 Å². The van der Waals surface area contributed by atoms with Gasteiger partial charge in [-0.25, -0.2) is 0 Å². The van der Waals surface area contributed by atoms with E-state index in [4.69, 9.17) is 28.4 Å². The molecule has 0 heterocycles. The van der Waals surface area contributed by atoms with E-state index in [0.29, 0.717) is 13.2 Å². The first-order chi connectivity index (χ1) is 35.1. The van der Waals surface area contributed by atoms with Crippen molar-refractivity contribution in [2.45, 2.75) is 103 Å². The lowest BCUT2D eigenvalue weighted by atomic mass is 10.2. The molecule has 6 aromatic carbocycles. The van der Waals surface area contributed by atoms with Gasteiger partial charge < -0.3 is 44.4 Å². The molecule has 0 aliphatic carbocycles. The number of benzene rings is 6. The molecule has 0 fully saturated rings. The third-order valence-corrected chi connectivity index (χ3v) is 11.8. The van der Waals surface area contributed by atoms with Crippen molar-refractivity contribution in [2.24, 2.45) is 0 Å². The SMILES string of the molecule is C=CCCOc1ccc(CNCc2ccc(OCCCCCCOc3ccc(CNCc4ccc(OCCCCCCOc5ccc(CNCc6ccc(OCCC=C)cc6)cc5)cc4)cc3)cc2)cc1. The monoisotopic (exact) mass is 960 g/mol. The van der Waals surface area contributed by atoms with E-state index in [0.717, 1.165) is 164 Å². The van der Waals surface area contributed by atoms with Crippen molar-refractivity contribution >= 4 is 0 Å². The van der Waals surface area contributed by atoms with Crippen molar-refractivity contribution < 1.29 is 28.4 Å². The number of hydrogen-bond acceptors (Lipinski definition) is 9. The Balaban J connectivity index is 0.705. The second kappa shape index (κ2) is 33.1. The minimum absolute atomic E-state index is 0.662. The normalized spacial score (nSPS) is 10.9. The Morgan fingerprint density at radius 3 is 0.620 bits per heavy atom. The molecule has 0 aliphatic rings. The molecule has 6 rings (SSSR count). The summed E-state index contributed by atoms with van der Waals surface area (Å²) in [5.41, 5.74) is 7.40. The number of unbranched alkanes of at least 4 members (excludes halogenated alkanes) is 6. The first kappa shape index (κ1) is 53.8. The molecule has 0 saturated heterocycles. The van der Waals surface area contributed by atoms with Gasteiger partial charge in [0.15, 0.2) is 0 Å². The summed E-state index contributed by atoms with van der Waals surface area (Å²) in [6.45, 7) is 16.5. The Hall–Kier alpha value is -6.52. The van der Waals surface area contributed by atoms with E-state index in [1.165, 1.54) is 33.4 Å². The highest BCUT2D eigenvalue weighted by atomic mass is 16.5. The van der Waals surface area contributed by atoms with Crippen molar-refractivity contribution in [1.82, 2.24) is 16.0 Å². The summed E-state index contributed by atoms with van der Waals surface area (Å²) in [5, 5.41) is 10.6. The Labute approximate surface area is 424 Å². The van der Waals surface area contributed by atoms with E-state index in [9.17, 15) is 0 Å². The molecule has 0 radical (unpaired) electrons. The molecular weight excluding hydrogens is 883 g/mol. The highest BCUT2D eigenvalue weighted by molar-refractivity contribution is 5.32. The molecule has 9 heteroatoms. The highest BCUT2D eigenvalue weighted by Gasteiger charge is 2.04. The molecule has 0 unspecified atom stereocenters. The van der Waals surface area contributed by atoms with Gasteiger partial charge in [0.05, 0.1) is 39.6 Å². The second-order valence-electron chi connectivity index (χ2n) is 17.7. The van der Waals surface area contributed by atoms with Crippen LogP contribution in [0.2, 0.25) is 0 Å². The molecule has 0 saturated carbocycles. The summed E-state index contributed by atoms with van der Waals surface area (Å²) < 4.78 is 35.4. The fourth-order valence-corrected chi connectivity index (χ4v) is 7.67. The molecule has 6 aromatic rings. The summed E-state index contributed by atoms with van der Waals surface area (Å²) in [5.74, 6) is 5.47. The highest BCUT2D eigenvalue weighted by Crippen LogP contribution is 2.19. The Bertz CT molecular complexity index is 2150. The number of ether oxygens (including phenoxy) is 6. The maximum absolute atomic E-state index is 6.02. The van der Waals surface area contributed by atoms with Gasteiger partial charge in [-0.2, -0.15) is 0 Å². The lowest BCUT2D eigenvalue weighted by molar-refractivity contribution is 0.287. The molecule has 71 heavy (non-hydrogen) atoms. The van der Waals surface area contributed by atoms with Gasteiger partial charge >= 0.3 is 0 Å². The van der Waals surface area contributed by atoms with Crippen LogP contribution in [0, 0.1) is 0 Å². The predicted molar refractivity (Wildman–Crippen MR) is 290 cm³/mol. The predicted octanol–water partition coefficient (Wildman–Crippen LogP) is 13.5.